The molecule has 0 radical (unpaired) electrons. The second kappa shape index (κ2) is 7.21. The molecule has 0 aliphatic carbocycles. The van der Waals surface area contributed by atoms with Crippen LogP contribution in [0.5, 0.6) is 0 Å². The van der Waals surface area contributed by atoms with Crippen molar-refractivity contribution in [2.75, 3.05) is 13.1 Å². The Hall–Kier alpha value is -1.97. The molecule has 1 aliphatic heterocycles. The summed E-state index contributed by atoms with van der Waals surface area (Å²) in [6.45, 7) is 5.81. The number of H-pyrrole nitrogens is 1. The lowest BCUT2D eigenvalue weighted by Gasteiger charge is -2.32. The highest BCUT2D eigenvalue weighted by molar-refractivity contribution is 6.42. The molecule has 1 fully saturated rings. The third-order valence-corrected chi connectivity index (χ3v) is 6.35. The van der Waals surface area contributed by atoms with Crippen molar-refractivity contribution in [2.24, 2.45) is 0 Å². The van der Waals surface area contributed by atoms with Gasteiger partial charge in [-0.2, -0.15) is 0 Å². The number of benzene rings is 2. The van der Waals surface area contributed by atoms with E-state index in [0.29, 0.717) is 21.5 Å². The van der Waals surface area contributed by atoms with Crippen molar-refractivity contribution in [2.45, 2.75) is 32.6 Å². The number of carbonyl (C=O) groups is 1. The number of likely N-dealkylation sites (tertiary alicyclic amines) is 1. The number of halogens is 2. The van der Waals surface area contributed by atoms with E-state index in [0.717, 1.165) is 25.9 Å². The molecule has 1 N–H and O–H groups in total. The fourth-order valence-corrected chi connectivity index (χ4v) is 4.35. The van der Waals surface area contributed by atoms with Crippen LogP contribution in [-0.2, 0) is 0 Å². The van der Waals surface area contributed by atoms with Crippen LogP contribution in [0.25, 0.3) is 10.9 Å². The van der Waals surface area contributed by atoms with E-state index in [1.165, 1.54) is 27.7 Å². The van der Waals surface area contributed by atoms with Crippen LogP contribution in [-0.4, -0.2) is 28.9 Å². The third kappa shape index (κ3) is 3.46. The summed E-state index contributed by atoms with van der Waals surface area (Å²) in [5.41, 5.74) is 5.72. The number of rotatable bonds is 2. The van der Waals surface area contributed by atoms with Gasteiger partial charge in [0.25, 0.3) is 5.91 Å². The number of hydrogen-bond acceptors (Lipinski definition) is 1. The van der Waals surface area contributed by atoms with Gasteiger partial charge >= 0.3 is 0 Å². The van der Waals surface area contributed by atoms with Crippen LogP contribution in [0.4, 0.5) is 0 Å². The number of aromatic nitrogens is 1. The van der Waals surface area contributed by atoms with Crippen LogP contribution in [0.3, 0.4) is 0 Å². The fraction of sp³-hybridized carbons (Fsp3) is 0.318. The first kappa shape index (κ1) is 18.4. The van der Waals surface area contributed by atoms with E-state index < -0.39 is 0 Å². The topological polar surface area (TPSA) is 36.1 Å². The molecular formula is C22H22Cl2N2O. The molecule has 1 aliphatic rings. The first-order valence-corrected chi connectivity index (χ1v) is 10.0. The number of aryl methyl sites for hydroxylation is 2. The van der Waals surface area contributed by atoms with Gasteiger partial charge in [-0.3, -0.25) is 4.79 Å². The molecule has 1 amide bonds. The maximum absolute atomic E-state index is 12.8. The van der Waals surface area contributed by atoms with Crippen molar-refractivity contribution in [3.05, 3.63) is 68.8 Å². The second-order valence-electron chi connectivity index (χ2n) is 7.41. The minimum atomic E-state index is 0.0241. The molecular weight excluding hydrogens is 379 g/mol. The quantitative estimate of drug-likeness (QED) is 0.553. The van der Waals surface area contributed by atoms with E-state index in [1.807, 2.05) is 4.90 Å². The number of nitrogens with one attached hydrogen (secondary N) is 1. The minimum absolute atomic E-state index is 0.0241. The molecule has 3 nitrogen and oxygen atoms in total. The van der Waals surface area contributed by atoms with Gasteiger partial charge in [-0.05, 0) is 62.6 Å². The Labute approximate surface area is 169 Å². The maximum Gasteiger partial charge on any atom is 0.253 e. The van der Waals surface area contributed by atoms with Gasteiger partial charge in [0.05, 0.1) is 10.0 Å². The lowest BCUT2D eigenvalue weighted by Crippen LogP contribution is -2.38. The van der Waals surface area contributed by atoms with Gasteiger partial charge < -0.3 is 9.88 Å². The summed E-state index contributed by atoms with van der Waals surface area (Å²) in [5.74, 6) is 0.478. The molecule has 0 unspecified atom stereocenters. The lowest BCUT2D eigenvalue weighted by atomic mass is 9.91. The van der Waals surface area contributed by atoms with Gasteiger partial charge in [-0.25, -0.2) is 0 Å². The molecule has 0 spiro atoms. The second-order valence-corrected chi connectivity index (χ2v) is 8.22. The standard InChI is InChI=1S/C22H22Cl2N2O/c1-13-3-6-20-17(11-13)14(2)21(25-20)15-7-9-26(10-8-15)22(27)16-4-5-18(23)19(24)12-16/h3-6,11-12,15,25H,7-10H2,1-2H3. The largest absolute Gasteiger partial charge is 0.358 e. The smallest absolute Gasteiger partial charge is 0.253 e. The first-order valence-electron chi connectivity index (χ1n) is 9.27. The Morgan fingerprint density at radius 2 is 1.78 bits per heavy atom. The van der Waals surface area contributed by atoms with E-state index in [4.69, 9.17) is 23.2 Å². The van der Waals surface area contributed by atoms with E-state index in [1.54, 1.807) is 18.2 Å². The van der Waals surface area contributed by atoms with Gasteiger partial charge in [0.2, 0.25) is 0 Å². The molecule has 0 bridgehead atoms. The summed E-state index contributed by atoms with van der Waals surface area (Å²) in [6.07, 6.45) is 1.92. The highest BCUT2D eigenvalue weighted by atomic mass is 35.5. The van der Waals surface area contributed by atoms with Crippen LogP contribution in [0.2, 0.25) is 10.0 Å². The number of aromatic amines is 1. The summed E-state index contributed by atoms with van der Waals surface area (Å²) in [7, 11) is 0. The number of hydrogen-bond donors (Lipinski definition) is 1. The average molecular weight is 401 g/mol. The zero-order valence-electron chi connectivity index (χ0n) is 15.5. The zero-order chi connectivity index (χ0) is 19.1. The van der Waals surface area contributed by atoms with Gasteiger partial charge in [0.1, 0.15) is 0 Å². The van der Waals surface area contributed by atoms with Crippen LogP contribution < -0.4 is 0 Å². The zero-order valence-corrected chi connectivity index (χ0v) is 17.0. The van der Waals surface area contributed by atoms with Gasteiger partial charge in [-0.15, -0.1) is 0 Å². The number of piperidine rings is 1. The highest BCUT2D eigenvalue weighted by Gasteiger charge is 2.27. The van der Waals surface area contributed by atoms with Crippen LogP contribution in [0, 0.1) is 13.8 Å². The van der Waals surface area contributed by atoms with Gasteiger partial charge in [0.15, 0.2) is 0 Å². The Morgan fingerprint density at radius 1 is 1.04 bits per heavy atom. The maximum atomic E-state index is 12.8. The van der Waals surface area contributed by atoms with Crippen molar-refractivity contribution in [3.63, 3.8) is 0 Å². The molecule has 140 valence electrons. The molecule has 1 aromatic heterocycles. The summed E-state index contributed by atoms with van der Waals surface area (Å²) in [4.78, 5) is 18.3. The number of nitrogens with zero attached hydrogens (tertiary/aromatic N) is 1. The van der Waals surface area contributed by atoms with Crippen LogP contribution in [0.1, 0.15) is 45.9 Å². The van der Waals surface area contributed by atoms with Crippen LogP contribution >= 0.6 is 23.2 Å². The Bertz CT molecular complexity index is 1020. The molecule has 2 aromatic carbocycles. The van der Waals surface area contributed by atoms with Crippen molar-refractivity contribution < 1.29 is 4.79 Å². The Morgan fingerprint density at radius 3 is 2.48 bits per heavy atom. The Balaban J connectivity index is 1.49. The number of amides is 1. The normalized spacial score (nSPS) is 15.5. The van der Waals surface area contributed by atoms with E-state index >= 15 is 0 Å². The predicted octanol–water partition coefficient (Wildman–Crippen LogP) is 6.11. The number of carbonyl (C=O) groups excluding carboxylic acids is 1. The third-order valence-electron chi connectivity index (χ3n) is 5.61. The van der Waals surface area contributed by atoms with Crippen molar-refractivity contribution in [3.8, 4) is 0 Å². The first-order chi connectivity index (χ1) is 12.9. The molecule has 3 aromatic rings. The SMILES string of the molecule is Cc1ccc2[nH]c(C3CCN(C(=O)c4ccc(Cl)c(Cl)c4)CC3)c(C)c2c1. The van der Waals surface area contributed by atoms with Crippen molar-refractivity contribution in [1.82, 2.24) is 9.88 Å². The van der Waals surface area contributed by atoms with E-state index in [2.05, 4.69) is 37.0 Å². The molecule has 0 atom stereocenters. The summed E-state index contributed by atoms with van der Waals surface area (Å²) in [5, 5.41) is 2.19. The molecule has 5 heteroatoms. The molecule has 0 saturated carbocycles. The van der Waals surface area contributed by atoms with Crippen molar-refractivity contribution >= 4 is 40.0 Å². The van der Waals surface area contributed by atoms with Gasteiger partial charge in [-0.1, -0.05) is 34.8 Å². The fourth-order valence-electron chi connectivity index (χ4n) is 4.05. The predicted molar refractivity (Wildman–Crippen MR) is 112 cm³/mol. The molecule has 2 heterocycles. The monoisotopic (exact) mass is 400 g/mol. The molecule has 1 saturated heterocycles. The Kier molecular flexibility index (Phi) is 4.92. The lowest BCUT2D eigenvalue weighted by molar-refractivity contribution is 0.0712. The average Bonchev–Trinajstić information content (AvgIpc) is 3.00. The van der Waals surface area contributed by atoms with Gasteiger partial charge in [0, 0.05) is 41.2 Å². The van der Waals surface area contributed by atoms with E-state index in [-0.39, 0.29) is 5.91 Å². The summed E-state index contributed by atoms with van der Waals surface area (Å²) < 4.78 is 0. The highest BCUT2D eigenvalue weighted by Crippen LogP contribution is 2.34. The summed E-state index contributed by atoms with van der Waals surface area (Å²) >= 11 is 12.0. The van der Waals surface area contributed by atoms with Crippen LogP contribution in [0.15, 0.2) is 36.4 Å². The molecule has 4 rings (SSSR count). The number of fused-ring (bicyclic) bond motifs is 1. The molecule has 27 heavy (non-hydrogen) atoms. The van der Waals surface area contributed by atoms with E-state index in [9.17, 15) is 4.79 Å². The van der Waals surface area contributed by atoms with Crippen molar-refractivity contribution in [1.29, 1.82) is 0 Å². The minimum Gasteiger partial charge on any atom is -0.358 e. The summed E-state index contributed by atoms with van der Waals surface area (Å²) in [6, 6.07) is 11.6.